The third-order valence-corrected chi connectivity index (χ3v) is 7.01. The molecule has 3 aromatic rings. The van der Waals surface area contributed by atoms with Gasteiger partial charge in [-0.2, -0.15) is 0 Å². The molecule has 1 fully saturated rings. The number of thiazole rings is 1. The maximum Gasteiger partial charge on any atom is 0.270 e. The van der Waals surface area contributed by atoms with E-state index in [0.717, 1.165) is 42.9 Å². The first-order valence-corrected chi connectivity index (χ1v) is 12.7. The highest BCUT2D eigenvalue weighted by Crippen LogP contribution is 2.21. The van der Waals surface area contributed by atoms with Crippen LogP contribution in [0.5, 0.6) is 5.75 Å². The van der Waals surface area contributed by atoms with E-state index in [1.165, 1.54) is 22.5 Å². The lowest BCUT2D eigenvalue weighted by Gasteiger charge is -2.29. The summed E-state index contributed by atoms with van der Waals surface area (Å²) in [5.41, 5.74) is 3.52. The molecule has 0 spiro atoms. The molecule has 2 aromatic carbocycles. The summed E-state index contributed by atoms with van der Waals surface area (Å²) in [6.07, 6.45) is 4.31. The molecule has 1 aliphatic rings. The van der Waals surface area contributed by atoms with Crippen molar-refractivity contribution in [3.05, 3.63) is 81.3 Å². The number of nitrogens with one attached hydrogen (secondary N) is 2. The molecule has 34 heavy (non-hydrogen) atoms. The Hall–Kier alpha value is -3.19. The van der Waals surface area contributed by atoms with Gasteiger partial charge in [0.15, 0.2) is 0 Å². The molecule has 0 atom stereocenters. The minimum atomic E-state index is -0.152. The largest absolute Gasteiger partial charge is 0.486 e. The van der Waals surface area contributed by atoms with Crippen LogP contribution in [0.25, 0.3) is 0 Å². The predicted octanol–water partition coefficient (Wildman–Crippen LogP) is 5.06. The Morgan fingerprint density at radius 2 is 1.56 bits per heavy atom. The van der Waals surface area contributed by atoms with E-state index in [1.807, 2.05) is 55.5 Å². The molecular weight excluding hydrogens is 446 g/mol. The highest BCUT2D eigenvalue weighted by Gasteiger charge is 2.25. The lowest BCUT2D eigenvalue weighted by Crippen LogP contribution is -2.43. The quantitative estimate of drug-likeness (QED) is 0.475. The number of amides is 2. The normalized spacial score (nSPS) is 17.7. The van der Waals surface area contributed by atoms with Gasteiger partial charge in [0.2, 0.25) is 0 Å². The summed E-state index contributed by atoms with van der Waals surface area (Å²) < 4.78 is 5.76. The topological polar surface area (TPSA) is 80.3 Å². The minimum Gasteiger partial charge on any atom is -0.486 e. The van der Waals surface area contributed by atoms with Crippen LogP contribution < -0.4 is 15.4 Å². The third-order valence-electron chi connectivity index (χ3n) is 6.19. The van der Waals surface area contributed by atoms with E-state index in [0.29, 0.717) is 17.9 Å². The molecule has 0 unspecified atom stereocenters. The van der Waals surface area contributed by atoms with Crippen molar-refractivity contribution in [2.24, 2.45) is 0 Å². The lowest BCUT2D eigenvalue weighted by molar-refractivity contribution is 0.0889. The van der Waals surface area contributed by atoms with Crippen LogP contribution in [0, 0.1) is 6.92 Å². The van der Waals surface area contributed by atoms with Crippen LogP contribution in [-0.2, 0) is 13.0 Å². The Morgan fingerprint density at radius 1 is 0.941 bits per heavy atom. The molecule has 0 aliphatic heterocycles. The molecule has 7 heteroatoms. The second-order valence-electron chi connectivity index (χ2n) is 8.77. The van der Waals surface area contributed by atoms with Gasteiger partial charge in [-0.3, -0.25) is 9.59 Å². The zero-order chi connectivity index (χ0) is 23.9. The van der Waals surface area contributed by atoms with Gasteiger partial charge in [0.25, 0.3) is 11.8 Å². The van der Waals surface area contributed by atoms with Crippen molar-refractivity contribution < 1.29 is 14.3 Å². The summed E-state index contributed by atoms with van der Waals surface area (Å²) in [7, 11) is 0. The summed E-state index contributed by atoms with van der Waals surface area (Å²) in [4.78, 5) is 29.6. The summed E-state index contributed by atoms with van der Waals surface area (Å²) in [6.45, 7) is 4.47. The van der Waals surface area contributed by atoms with Crippen LogP contribution in [0.3, 0.4) is 0 Å². The van der Waals surface area contributed by atoms with Crippen LogP contribution in [0.4, 0.5) is 0 Å². The van der Waals surface area contributed by atoms with Crippen LogP contribution >= 0.6 is 11.3 Å². The Bertz CT molecular complexity index is 1100. The number of ether oxygens (including phenoxy) is 1. The van der Waals surface area contributed by atoms with Gasteiger partial charge in [0.1, 0.15) is 23.1 Å². The van der Waals surface area contributed by atoms with Crippen molar-refractivity contribution in [2.45, 2.75) is 64.6 Å². The maximum absolute atomic E-state index is 12.7. The summed E-state index contributed by atoms with van der Waals surface area (Å²) in [5, 5.41) is 8.78. The number of hydrogen-bond acceptors (Lipinski definition) is 5. The first kappa shape index (κ1) is 24.0. The van der Waals surface area contributed by atoms with Gasteiger partial charge in [0.05, 0.1) is 0 Å². The van der Waals surface area contributed by atoms with Crippen molar-refractivity contribution in [3.63, 3.8) is 0 Å². The molecule has 0 bridgehead atoms. The highest BCUT2D eigenvalue weighted by atomic mass is 32.1. The lowest BCUT2D eigenvalue weighted by atomic mass is 9.91. The monoisotopic (exact) mass is 477 g/mol. The van der Waals surface area contributed by atoms with Crippen LogP contribution in [0.1, 0.15) is 69.6 Å². The SMILES string of the molecule is CCc1ccc(C(=O)NC2CCC(NC(=O)c3csc(COc4ccc(C)cc4)n3)CC2)cc1. The number of benzene rings is 2. The molecule has 1 heterocycles. The first-order chi connectivity index (χ1) is 16.5. The van der Waals surface area contributed by atoms with Gasteiger partial charge in [-0.15, -0.1) is 11.3 Å². The number of nitrogens with zero attached hydrogens (tertiary/aromatic N) is 1. The van der Waals surface area contributed by atoms with Gasteiger partial charge < -0.3 is 15.4 Å². The second kappa shape index (κ2) is 11.3. The minimum absolute atomic E-state index is 0.0296. The van der Waals surface area contributed by atoms with Gasteiger partial charge in [-0.25, -0.2) is 4.98 Å². The fraction of sp³-hybridized carbons (Fsp3) is 0.370. The van der Waals surface area contributed by atoms with Crippen LogP contribution in [-0.4, -0.2) is 28.9 Å². The predicted molar refractivity (Wildman–Crippen MR) is 134 cm³/mol. The van der Waals surface area contributed by atoms with Gasteiger partial charge in [-0.1, -0.05) is 36.8 Å². The van der Waals surface area contributed by atoms with Crippen molar-refractivity contribution >= 4 is 23.2 Å². The Morgan fingerprint density at radius 3 is 2.18 bits per heavy atom. The van der Waals surface area contributed by atoms with Crippen molar-refractivity contribution in [1.29, 1.82) is 0 Å². The fourth-order valence-corrected chi connectivity index (χ4v) is 4.75. The third kappa shape index (κ3) is 6.44. The molecule has 1 aliphatic carbocycles. The summed E-state index contributed by atoms with van der Waals surface area (Å²) in [5.74, 6) is 0.605. The van der Waals surface area contributed by atoms with E-state index in [2.05, 4.69) is 22.5 Å². The van der Waals surface area contributed by atoms with Crippen LogP contribution in [0.15, 0.2) is 53.9 Å². The number of aryl methyl sites for hydroxylation is 2. The molecule has 2 amide bonds. The Kier molecular flexibility index (Phi) is 7.95. The molecule has 2 N–H and O–H groups in total. The molecule has 0 saturated heterocycles. The molecule has 1 aromatic heterocycles. The number of rotatable bonds is 8. The molecule has 6 nitrogen and oxygen atoms in total. The Labute approximate surface area is 204 Å². The van der Waals surface area contributed by atoms with Crippen molar-refractivity contribution in [3.8, 4) is 5.75 Å². The molecule has 0 radical (unpaired) electrons. The summed E-state index contributed by atoms with van der Waals surface area (Å²) in [6, 6.07) is 15.9. The molecular formula is C27H31N3O3S. The second-order valence-corrected chi connectivity index (χ2v) is 9.72. The van der Waals surface area contributed by atoms with Crippen molar-refractivity contribution in [1.82, 2.24) is 15.6 Å². The molecule has 178 valence electrons. The number of hydrogen-bond donors (Lipinski definition) is 2. The average molecular weight is 478 g/mol. The fourth-order valence-electron chi connectivity index (χ4n) is 4.06. The van der Waals surface area contributed by atoms with E-state index in [1.54, 1.807) is 5.38 Å². The van der Waals surface area contributed by atoms with E-state index >= 15 is 0 Å². The number of carbonyl (C=O) groups is 2. The number of aromatic nitrogens is 1. The molecule has 1 saturated carbocycles. The van der Waals surface area contributed by atoms with Crippen molar-refractivity contribution in [2.75, 3.05) is 0 Å². The van der Waals surface area contributed by atoms with Gasteiger partial charge in [-0.05, 0) is 68.9 Å². The molecule has 4 rings (SSSR count). The van der Waals surface area contributed by atoms with E-state index in [4.69, 9.17) is 4.74 Å². The van der Waals surface area contributed by atoms with Gasteiger partial charge >= 0.3 is 0 Å². The first-order valence-electron chi connectivity index (χ1n) is 11.8. The maximum atomic E-state index is 12.7. The van der Waals surface area contributed by atoms with E-state index in [-0.39, 0.29) is 23.9 Å². The zero-order valence-electron chi connectivity index (χ0n) is 19.7. The Balaban J connectivity index is 1.20. The van der Waals surface area contributed by atoms with E-state index in [9.17, 15) is 9.59 Å². The van der Waals surface area contributed by atoms with Crippen LogP contribution in [0.2, 0.25) is 0 Å². The standard InChI is InChI=1S/C27H31N3O3S/c1-3-19-6-8-20(9-7-19)26(31)28-21-10-12-22(13-11-21)29-27(32)24-17-34-25(30-24)16-33-23-14-4-18(2)5-15-23/h4-9,14-15,17,21-22H,3,10-13,16H2,1-2H3,(H,28,31)(H,29,32). The number of carbonyl (C=O) groups excluding carboxylic acids is 2. The zero-order valence-corrected chi connectivity index (χ0v) is 20.5. The van der Waals surface area contributed by atoms with Gasteiger partial charge in [0, 0.05) is 23.0 Å². The van der Waals surface area contributed by atoms with E-state index < -0.39 is 0 Å². The average Bonchev–Trinajstić information content (AvgIpc) is 3.34. The highest BCUT2D eigenvalue weighted by molar-refractivity contribution is 7.09. The smallest absolute Gasteiger partial charge is 0.270 e. The summed E-state index contributed by atoms with van der Waals surface area (Å²) >= 11 is 1.43.